The Morgan fingerprint density at radius 2 is 1.63 bits per heavy atom. The molecule has 0 aliphatic carbocycles. The summed E-state index contributed by atoms with van der Waals surface area (Å²) < 4.78 is 0. The first-order valence-corrected chi connectivity index (χ1v) is 14.0. The van der Waals surface area contributed by atoms with Gasteiger partial charge in [0.25, 0.3) is 0 Å². The molecule has 0 amide bonds. The summed E-state index contributed by atoms with van der Waals surface area (Å²) >= 11 is 0. The second kappa shape index (κ2) is 10.5. The van der Waals surface area contributed by atoms with E-state index in [-0.39, 0.29) is 23.8 Å². The molecule has 5 rings (SSSR count). The van der Waals surface area contributed by atoms with E-state index < -0.39 is 11.9 Å². The van der Waals surface area contributed by atoms with Gasteiger partial charge < -0.3 is 20.2 Å². The molecule has 0 fully saturated rings. The highest BCUT2D eigenvalue weighted by molar-refractivity contribution is 6.24. The van der Waals surface area contributed by atoms with Crippen LogP contribution < -0.4 is 0 Å². The van der Waals surface area contributed by atoms with Crippen molar-refractivity contribution in [2.75, 3.05) is 0 Å². The lowest BCUT2D eigenvalue weighted by Gasteiger charge is -2.16. The molecule has 2 aliphatic heterocycles. The Hall–Kier alpha value is -4.46. The maximum absolute atomic E-state index is 12.5. The monoisotopic (exact) mass is 552 g/mol. The van der Waals surface area contributed by atoms with E-state index in [9.17, 15) is 19.8 Å². The molecule has 3 aromatic rings. The first-order valence-electron chi connectivity index (χ1n) is 14.0. The summed E-state index contributed by atoms with van der Waals surface area (Å²) in [5.74, 6) is -2.20. The fourth-order valence-corrected chi connectivity index (χ4v) is 6.32. The molecular formula is C33H36N4O4. The second-order valence-corrected chi connectivity index (χ2v) is 11.1. The zero-order valence-corrected chi connectivity index (χ0v) is 24.4. The van der Waals surface area contributed by atoms with Crippen LogP contribution in [0.2, 0.25) is 0 Å². The van der Waals surface area contributed by atoms with E-state index in [0.717, 1.165) is 56.4 Å². The van der Waals surface area contributed by atoms with E-state index in [1.54, 1.807) is 6.92 Å². The van der Waals surface area contributed by atoms with Crippen LogP contribution in [-0.4, -0.2) is 42.1 Å². The van der Waals surface area contributed by atoms with Crippen LogP contribution in [0.5, 0.6) is 0 Å². The summed E-state index contributed by atoms with van der Waals surface area (Å²) in [6.07, 6.45) is 3.02. The lowest BCUT2D eigenvalue weighted by atomic mass is 9.85. The molecule has 0 radical (unpaired) electrons. The molecule has 0 spiro atoms. The molecule has 41 heavy (non-hydrogen) atoms. The molecule has 5 heterocycles. The minimum absolute atomic E-state index is 0.0117. The Balaban J connectivity index is 1.98. The maximum Gasteiger partial charge on any atom is 0.338 e. The number of carbonyl (C=O) groups is 2. The van der Waals surface area contributed by atoms with Gasteiger partial charge in [0.15, 0.2) is 0 Å². The van der Waals surface area contributed by atoms with Crippen LogP contribution in [0.25, 0.3) is 39.3 Å². The van der Waals surface area contributed by atoms with Crippen molar-refractivity contribution in [2.45, 2.75) is 72.6 Å². The van der Waals surface area contributed by atoms with Gasteiger partial charge in [-0.3, -0.25) is 9.78 Å². The van der Waals surface area contributed by atoms with Crippen LogP contribution >= 0.6 is 0 Å². The number of nitrogens with zero attached hydrogens (tertiary/aromatic N) is 2. The third-order valence-corrected chi connectivity index (χ3v) is 8.76. The van der Waals surface area contributed by atoms with E-state index >= 15 is 0 Å². The van der Waals surface area contributed by atoms with Crippen molar-refractivity contribution >= 4 is 51.2 Å². The van der Waals surface area contributed by atoms with Gasteiger partial charge in [-0.15, -0.1) is 0 Å². The predicted molar refractivity (Wildman–Crippen MR) is 163 cm³/mol. The molecule has 2 aliphatic rings. The number of aromatic amines is 2. The lowest BCUT2D eigenvalue weighted by molar-refractivity contribution is -0.137. The minimum atomic E-state index is -1.05. The van der Waals surface area contributed by atoms with E-state index in [1.807, 2.05) is 39.0 Å². The Morgan fingerprint density at radius 1 is 0.951 bits per heavy atom. The van der Waals surface area contributed by atoms with Gasteiger partial charge in [-0.2, -0.15) is 0 Å². The maximum atomic E-state index is 12.5. The molecule has 212 valence electrons. The molecule has 8 bridgehead atoms. The van der Waals surface area contributed by atoms with Gasteiger partial charge in [-0.25, -0.2) is 9.78 Å². The Kier molecular flexibility index (Phi) is 7.19. The van der Waals surface area contributed by atoms with Gasteiger partial charge in [-0.1, -0.05) is 26.5 Å². The van der Waals surface area contributed by atoms with Crippen molar-refractivity contribution in [1.29, 1.82) is 0 Å². The summed E-state index contributed by atoms with van der Waals surface area (Å²) in [7, 11) is 0. The third kappa shape index (κ3) is 4.67. The number of aromatic nitrogens is 4. The Morgan fingerprint density at radius 3 is 2.27 bits per heavy atom. The number of allylic oxidation sites excluding steroid dienone is 1. The number of hydrogen-bond acceptors (Lipinski definition) is 4. The first-order chi connectivity index (χ1) is 19.5. The normalized spacial score (nSPS) is 16.7. The quantitative estimate of drug-likeness (QED) is 0.255. The number of fused-ring (bicyclic) bond motifs is 8. The number of rotatable bonds is 6. The van der Waals surface area contributed by atoms with Crippen molar-refractivity contribution in [1.82, 2.24) is 19.9 Å². The molecule has 4 N–H and O–H groups in total. The van der Waals surface area contributed by atoms with E-state index in [1.165, 1.54) is 0 Å². The molecule has 8 heteroatoms. The van der Waals surface area contributed by atoms with E-state index in [2.05, 4.69) is 36.5 Å². The van der Waals surface area contributed by atoms with Crippen LogP contribution in [-0.2, 0) is 16.0 Å². The molecule has 0 saturated carbocycles. The Labute approximate surface area is 238 Å². The zero-order valence-electron chi connectivity index (χ0n) is 24.4. The first kappa shape index (κ1) is 28.1. The van der Waals surface area contributed by atoms with E-state index in [0.29, 0.717) is 34.6 Å². The number of H-pyrrole nitrogens is 2. The van der Waals surface area contributed by atoms with Gasteiger partial charge in [0, 0.05) is 57.3 Å². The van der Waals surface area contributed by atoms with Gasteiger partial charge >= 0.3 is 11.9 Å². The summed E-state index contributed by atoms with van der Waals surface area (Å²) in [6.45, 7) is 16.0. The fraction of sp³-hybridized carbons (Fsp3) is 0.333. The van der Waals surface area contributed by atoms with Crippen LogP contribution in [0, 0.1) is 20.8 Å². The summed E-state index contributed by atoms with van der Waals surface area (Å²) in [6, 6.07) is 6.04. The predicted octanol–water partition coefficient (Wildman–Crippen LogP) is 7.21. The lowest BCUT2D eigenvalue weighted by Crippen LogP contribution is -2.08. The molecular weight excluding hydrogens is 516 g/mol. The second-order valence-electron chi connectivity index (χ2n) is 11.1. The van der Waals surface area contributed by atoms with Crippen molar-refractivity contribution in [3.05, 3.63) is 75.4 Å². The van der Waals surface area contributed by atoms with Gasteiger partial charge in [-0.05, 0) is 86.6 Å². The van der Waals surface area contributed by atoms with E-state index in [4.69, 9.17) is 9.97 Å². The van der Waals surface area contributed by atoms with Crippen LogP contribution in [0.15, 0.2) is 24.8 Å². The van der Waals surface area contributed by atoms with Crippen molar-refractivity contribution in [3.63, 3.8) is 0 Å². The highest BCUT2D eigenvalue weighted by Gasteiger charge is 2.33. The molecule has 2 atom stereocenters. The zero-order chi connectivity index (χ0) is 29.7. The molecule has 0 saturated heterocycles. The minimum Gasteiger partial charge on any atom is -0.481 e. The Bertz CT molecular complexity index is 1820. The van der Waals surface area contributed by atoms with Crippen LogP contribution in [0.4, 0.5) is 0 Å². The summed E-state index contributed by atoms with van der Waals surface area (Å²) in [4.78, 5) is 41.1. The number of hydrogen-bond donors (Lipinski definition) is 4. The number of carboxylic acids is 2. The average molecular weight is 553 g/mol. The van der Waals surface area contributed by atoms with Gasteiger partial charge in [0.05, 0.1) is 17.0 Å². The number of nitrogens with one attached hydrogen (secondary N) is 2. The molecule has 0 unspecified atom stereocenters. The summed E-state index contributed by atoms with van der Waals surface area (Å²) in [5.41, 5.74) is 11.8. The van der Waals surface area contributed by atoms with Crippen molar-refractivity contribution < 1.29 is 19.8 Å². The fourth-order valence-electron chi connectivity index (χ4n) is 6.32. The average Bonchev–Trinajstić information content (AvgIpc) is 3.60. The summed E-state index contributed by atoms with van der Waals surface area (Å²) in [5, 5.41) is 19.7. The topological polar surface area (TPSA) is 132 Å². The molecule has 3 aromatic heterocycles. The molecule has 0 aromatic carbocycles. The standard InChI is InChI=1S/C33H36N4O4/c1-8-20-15(3)23-12-25-17(5)22(10-11-29(38)39)31(36-25)19(7)32-30(33(40)41)18(6)26(37-32)14-28-21(9-2)16(4)24(35-28)13-27(20)34-23/h8,12-14,17,22,34-35H,1,9-11H2,2-7H3,(H,38,39)(H,40,41)/t17-,22-/m0/s1. The smallest absolute Gasteiger partial charge is 0.338 e. The number of aryl methyl sites for hydroxylation is 3. The number of carboxylic acid groups (broad SMARTS) is 2. The SMILES string of the molecule is C=Cc1c(C)c2cc3nc(c(C)c4nc(cc5[nH]c(cc1[nH]2)c(C)c5CC)C(C)=C4C(=O)O)[C@@H](CCC(=O)O)[C@@H]3C. The van der Waals surface area contributed by atoms with Crippen molar-refractivity contribution in [3.8, 4) is 0 Å². The highest BCUT2D eigenvalue weighted by Crippen LogP contribution is 2.43. The van der Waals surface area contributed by atoms with Crippen LogP contribution in [0.3, 0.4) is 0 Å². The third-order valence-electron chi connectivity index (χ3n) is 8.76. The highest BCUT2D eigenvalue weighted by atomic mass is 16.4. The van der Waals surface area contributed by atoms with Gasteiger partial charge in [0.1, 0.15) is 0 Å². The largest absolute Gasteiger partial charge is 0.481 e. The molecule has 8 nitrogen and oxygen atoms in total. The number of aliphatic carboxylic acids is 2. The van der Waals surface area contributed by atoms with Gasteiger partial charge in [0.2, 0.25) is 0 Å². The van der Waals surface area contributed by atoms with Crippen LogP contribution in [0.1, 0.15) is 96.0 Å². The van der Waals surface area contributed by atoms with Crippen molar-refractivity contribution in [2.24, 2.45) is 0 Å².